The first kappa shape index (κ1) is 15.4. The Kier molecular flexibility index (Phi) is 5.92. The van der Waals surface area contributed by atoms with Gasteiger partial charge in [0.15, 0.2) is 0 Å². The molecule has 112 valence electrons. The first-order chi connectivity index (χ1) is 9.69. The third-order valence-corrected chi connectivity index (χ3v) is 3.96. The van der Waals surface area contributed by atoms with Crippen molar-refractivity contribution < 1.29 is 0 Å². The van der Waals surface area contributed by atoms with Gasteiger partial charge >= 0.3 is 0 Å². The number of nitrogens with one attached hydrogen (secondary N) is 1. The Morgan fingerprint density at radius 1 is 1.35 bits per heavy atom. The van der Waals surface area contributed by atoms with E-state index in [9.17, 15) is 0 Å². The van der Waals surface area contributed by atoms with Crippen molar-refractivity contribution >= 4 is 0 Å². The molecule has 4 heteroatoms. The standard InChI is InChI=1S/C16H28N4/c1-4-6-15-10-19-14(9-13(2)3)11-20(15)12-16-17-7-5-8-18-16/h5,7-8,13-15,19H,4,6,9-12H2,1-3H3. The van der Waals surface area contributed by atoms with Gasteiger partial charge in [0.1, 0.15) is 5.82 Å². The fraction of sp³-hybridized carbons (Fsp3) is 0.750. The lowest BCUT2D eigenvalue weighted by Gasteiger charge is -2.40. The van der Waals surface area contributed by atoms with Crippen molar-refractivity contribution in [2.45, 2.75) is 58.7 Å². The summed E-state index contributed by atoms with van der Waals surface area (Å²) < 4.78 is 0. The van der Waals surface area contributed by atoms with E-state index in [2.05, 4.69) is 41.0 Å². The van der Waals surface area contributed by atoms with Crippen molar-refractivity contribution in [3.63, 3.8) is 0 Å². The molecule has 0 saturated carbocycles. The summed E-state index contributed by atoms with van der Waals surface area (Å²) in [6.45, 7) is 9.94. The van der Waals surface area contributed by atoms with E-state index in [-0.39, 0.29) is 0 Å². The van der Waals surface area contributed by atoms with E-state index in [1.807, 2.05) is 18.5 Å². The first-order valence-electron chi connectivity index (χ1n) is 7.92. The summed E-state index contributed by atoms with van der Waals surface area (Å²) in [7, 11) is 0. The minimum atomic E-state index is 0.604. The molecule has 1 aliphatic heterocycles. The number of piperazine rings is 1. The average molecular weight is 276 g/mol. The maximum Gasteiger partial charge on any atom is 0.142 e. The Morgan fingerprint density at radius 3 is 2.75 bits per heavy atom. The van der Waals surface area contributed by atoms with Gasteiger partial charge in [-0.3, -0.25) is 4.90 Å². The largest absolute Gasteiger partial charge is 0.311 e. The SMILES string of the molecule is CCCC1CNC(CC(C)C)CN1Cc1ncccn1. The van der Waals surface area contributed by atoms with Crippen molar-refractivity contribution in [2.24, 2.45) is 5.92 Å². The molecule has 0 spiro atoms. The molecule has 1 aliphatic rings. The van der Waals surface area contributed by atoms with E-state index in [1.165, 1.54) is 19.3 Å². The van der Waals surface area contributed by atoms with Gasteiger partial charge in [0.2, 0.25) is 0 Å². The molecule has 1 fully saturated rings. The second-order valence-corrected chi connectivity index (χ2v) is 6.27. The summed E-state index contributed by atoms with van der Waals surface area (Å²) in [5.41, 5.74) is 0. The predicted molar refractivity (Wildman–Crippen MR) is 82.4 cm³/mol. The minimum absolute atomic E-state index is 0.604. The van der Waals surface area contributed by atoms with Crippen molar-refractivity contribution in [1.82, 2.24) is 20.2 Å². The van der Waals surface area contributed by atoms with Crippen LogP contribution in [0.4, 0.5) is 0 Å². The summed E-state index contributed by atoms with van der Waals surface area (Å²) >= 11 is 0. The quantitative estimate of drug-likeness (QED) is 0.866. The van der Waals surface area contributed by atoms with Gasteiger partial charge in [-0.15, -0.1) is 0 Å². The van der Waals surface area contributed by atoms with Crippen LogP contribution in [0.15, 0.2) is 18.5 Å². The van der Waals surface area contributed by atoms with Crippen LogP contribution in [0.3, 0.4) is 0 Å². The van der Waals surface area contributed by atoms with Crippen LogP contribution in [0.5, 0.6) is 0 Å². The van der Waals surface area contributed by atoms with E-state index in [0.29, 0.717) is 12.1 Å². The van der Waals surface area contributed by atoms with Gasteiger partial charge in [0.25, 0.3) is 0 Å². The Morgan fingerprint density at radius 2 is 2.10 bits per heavy atom. The third-order valence-electron chi connectivity index (χ3n) is 3.96. The second kappa shape index (κ2) is 7.70. The maximum atomic E-state index is 4.38. The number of nitrogens with zero attached hydrogens (tertiary/aromatic N) is 3. The fourth-order valence-corrected chi connectivity index (χ4v) is 3.06. The molecule has 20 heavy (non-hydrogen) atoms. The Hall–Kier alpha value is -1.00. The van der Waals surface area contributed by atoms with Crippen LogP contribution in [0.25, 0.3) is 0 Å². The first-order valence-corrected chi connectivity index (χ1v) is 7.92. The second-order valence-electron chi connectivity index (χ2n) is 6.27. The van der Waals surface area contributed by atoms with Crippen LogP contribution in [0, 0.1) is 5.92 Å². The molecule has 2 rings (SSSR count). The molecule has 2 heterocycles. The van der Waals surface area contributed by atoms with Crippen LogP contribution < -0.4 is 5.32 Å². The molecule has 1 N–H and O–H groups in total. The van der Waals surface area contributed by atoms with Crippen molar-refractivity contribution in [3.8, 4) is 0 Å². The molecule has 0 aromatic carbocycles. The predicted octanol–water partition coefficient (Wildman–Crippen LogP) is 2.47. The highest BCUT2D eigenvalue weighted by Crippen LogP contribution is 2.18. The number of hydrogen-bond acceptors (Lipinski definition) is 4. The van der Waals surface area contributed by atoms with Gasteiger partial charge in [-0.2, -0.15) is 0 Å². The molecule has 1 saturated heterocycles. The van der Waals surface area contributed by atoms with Gasteiger partial charge < -0.3 is 5.32 Å². The molecule has 2 atom stereocenters. The zero-order chi connectivity index (χ0) is 14.4. The van der Waals surface area contributed by atoms with Crippen molar-refractivity contribution in [3.05, 3.63) is 24.3 Å². The summed E-state index contributed by atoms with van der Waals surface area (Å²) in [4.78, 5) is 11.3. The van der Waals surface area contributed by atoms with Crippen LogP contribution in [0.1, 0.15) is 45.9 Å². The Labute approximate surface area is 123 Å². The summed E-state index contributed by atoms with van der Waals surface area (Å²) in [6.07, 6.45) is 7.39. The van der Waals surface area contributed by atoms with Gasteiger partial charge in [0.05, 0.1) is 6.54 Å². The van der Waals surface area contributed by atoms with Crippen LogP contribution in [0.2, 0.25) is 0 Å². The van der Waals surface area contributed by atoms with Crippen molar-refractivity contribution in [2.75, 3.05) is 13.1 Å². The topological polar surface area (TPSA) is 41.0 Å². The number of aromatic nitrogens is 2. The van der Waals surface area contributed by atoms with E-state index in [0.717, 1.165) is 31.4 Å². The Bertz CT molecular complexity index is 379. The zero-order valence-corrected chi connectivity index (χ0v) is 13.0. The molecule has 0 aliphatic carbocycles. The highest BCUT2D eigenvalue weighted by Gasteiger charge is 2.28. The van der Waals surface area contributed by atoms with Crippen LogP contribution in [-0.4, -0.2) is 40.0 Å². The van der Waals surface area contributed by atoms with Gasteiger partial charge in [-0.1, -0.05) is 27.2 Å². The molecule has 0 bridgehead atoms. The van der Waals surface area contributed by atoms with E-state index < -0.39 is 0 Å². The highest BCUT2D eigenvalue weighted by atomic mass is 15.2. The molecule has 1 aromatic rings. The summed E-state index contributed by atoms with van der Waals surface area (Å²) in [6, 6.07) is 3.10. The molecule has 4 nitrogen and oxygen atoms in total. The molecule has 0 amide bonds. The van der Waals surface area contributed by atoms with E-state index in [4.69, 9.17) is 0 Å². The lowest BCUT2D eigenvalue weighted by molar-refractivity contribution is 0.105. The normalized spacial score (nSPS) is 24.2. The number of rotatable bonds is 6. The van der Waals surface area contributed by atoms with Gasteiger partial charge in [-0.25, -0.2) is 9.97 Å². The van der Waals surface area contributed by atoms with Crippen LogP contribution >= 0.6 is 0 Å². The number of hydrogen-bond donors (Lipinski definition) is 1. The molecule has 0 radical (unpaired) electrons. The average Bonchev–Trinajstić information content (AvgIpc) is 2.42. The van der Waals surface area contributed by atoms with Gasteiger partial charge in [-0.05, 0) is 24.8 Å². The highest BCUT2D eigenvalue weighted by molar-refractivity contribution is 4.93. The van der Waals surface area contributed by atoms with E-state index >= 15 is 0 Å². The zero-order valence-electron chi connectivity index (χ0n) is 13.0. The summed E-state index contributed by atoms with van der Waals surface area (Å²) in [5.74, 6) is 1.68. The Balaban J connectivity index is 1.99. The monoisotopic (exact) mass is 276 g/mol. The summed E-state index contributed by atoms with van der Waals surface area (Å²) in [5, 5.41) is 3.72. The lowest BCUT2D eigenvalue weighted by atomic mass is 9.98. The molecular weight excluding hydrogens is 248 g/mol. The smallest absolute Gasteiger partial charge is 0.142 e. The minimum Gasteiger partial charge on any atom is -0.311 e. The lowest BCUT2D eigenvalue weighted by Crippen LogP contribution is -2.56. The van der Waals surface area contributed by atoms with Gasteiger partial charge in [0, 0.05) is 37.6 Å². The molecule has 2 unspecified atom stereocenters. The maximum absolute atomic E-state index is 4.38. The van der Waals surface area contributed by atoms with Crippen molar-refractivity contribution in [1.29, 1.82) is 0 Å². The molecular formula is C16H28N4. The third kappa shape index (κ3) is 4.53. The molecule has 1 aromatic heterocycles. The van der Waals surface area contributed by atoms with E-state index in [1.54, 1.807) is 0 Å². The van der Waals surface area contributed by atoms with Crippen LogP contribution in [-0.2, 0) is 6.54 Å². The fourth-order valence-electron chi connectivity index (χ4n) is 3.06.